The zero-order valence-corrected chi connectivity index (χ0v) is 18.6. The van der Waals surface area contributed by atoms with E-state index in [0.717, 1.165) is 24.2 Å². The molecule has 4 nitrogen and oxygen atoms in total. The third kappa shape index (κ3) is 4.18. The van der Waals surface area contributed by atoms with E-state index in [1.54, 1.807) is 6.07 Å². The molecule has 0 saturated heterocycles. The number of aryl methyl sites for hydroxylation is 1. The van der Waals surface area contributed by atoms with Crippen molar-refractivity contribution in [3.63, 3.8) is 0 Å². The molecule has 0 aliphatic heterocycles. The van der Waals surface area contributed by atoms with Crippen LogP contribution in [0.1, 0.15) is 33.6 Å². The van der Waals surface area contributed by atoms with Crippen LogP contribution in [-0.4, -0.2) is 20.7 Å². The van der Waals surface area contributed by atoms with Crippen molar-refractivity contribution in [3.05, 3.63) is 118 Å². The Morgan fingerprint density at radius 2 is 1.58 bits per heavy atom. The lowest BCUT2D eigenvalue weighted by molar-refractivity contribution is 0.177. The molecule has 0 amide bonds. The maximum atomic E-state index is 14.6. The number of fused-ring (bicyclic) bond motifs is 1. The van der Waals surface area contributed by atoms with Crippen LogP contribution in [0.25, 0.3) is 5.69 Å². The van der Waals surface area contributed by atoms with Gasteiger partial charge in [-0.25, -0.2) is 9.07 Å². The lowest BCUT2D eigenvalue weighted by atomic mass is 10.1. The number of hydrogen-bond donors (Lipinski definition) is 0. The van der Waals surface area contributed by atoms with Crippen molar-refractivity contribution in [1.29, 1.82) is 5.26 Å². The molecular weight excluding hydrogens is 411 g/mol. The van der Waals surface area contributed by atoms with Gasteiger partial charge in [0.05, 0.1) is 22.6 Å². The van der Waals surface area contributed by atoms with Crippen molar-refractivity contribution in [2.75, 3.05) is 0 Å². The van der Waals surface area contributed by atoms with Crippen molar-refractivity contribution in [3.8, 4) is 11.8 Å². The first-order chi connectivity index (χ1) is 16.1. The minimum absolute atomic E-state index is 0.203. The summed E-state index contributed by atoms with van der Waals surface area (Å²) < 4.78 is 16.5. The third-order valence-electron chi connectivity index (χ3n) is 6.50. The van der Waals surface area contributed by atoms with Crippen LogP contribution in [0.3, 0.4) is 0 Å². The van der Waals surface area contributed by atoms with Gasteiger partial charge in [-0.15, -0.1) is 0 Å². The van der Waals surface area contributed by atoms with Gasteiger partial charge in [-0.3, -0.25) is 4.90 Å². The van der Waals surface area contributed by atoms with Crippen LogP contribution >= 0.6 is 0 Å². The minimum Gasteiger partial charge on any atom is -0.289 e. The van der Waals surface area contributed by atoms with E-state index >= 15 is 0 Å². The van der Waals surface area contributed by atoms with Crippen LogP contribution in [0, 0.1) is 24.1 Å². The van der Waals surface area contributed by atoms with E-state index in [2.05, 4.69) is 40.3 Å². The van der Waals surface area contributed by atoms with Crippen LogP contribution in [-0.2, 0) is 25.9 Å². The SMILES string of the molecule is Cc1nn(-c2ccccc2)c(CN(Cc2ccccc2F)C2Cc3ccccc3C2)c1C#N. The fraction of sp³-hybridized carbons (Fsp3) is 0.214. The summed E-state index contributed by atoms with van der Waals surface area (Å²) in [6, 6.07) is 27.9. The first kappa shape index (κ1) is 21.1. The molecule has 0 spiro atoms. The Hall–Kier alpha value is -3.75. The predicted octanol–water partition coefficient (Wildman–Crippen LogP) is 5.36. The fourth-order valence-corrected chi connectivity index (χ4v) is 4.80. The molecule has 0 atom stereocenters. The second-order valence-corrected chi connectivity index (χ2v) is 8.59. The molecule has 1 aromatic heterocycles. The summed E-state index contributed by atoms with van der Waals surface area (Å²) in [5.41, 5.74) is 6.40. The molecule has 33 heavy (non-hydrogen) atoms. The average Bonchev–Trinajstić information content (AvgIpc) is 3.41. The summed E-state index contributed by atoms with van der Waals surface area (Å²) in [5.74, 6) is -0.203. The first-order valence-electron chi connectivity index (χ1n) is 11.2. The largest absolute Gasteiger partial charge is 0.289 e. The zero-order valence-electron chi connectivity index (χ0n) is 18.6. The predicted molar refractivity (Wildman–Crippen MR) is 126 cm³/mol. The quantitative estimate of drug-likeness (QED) is 0.409. The Morgan fingerprint density at radius 1 is 0.939 bits per heavy atom. The molecule has 0 bridgehead atoms. The van der Waals surface area contributed by atoms with Gasteiger partial charge in [-0.2, -0.15) is 10.4 Å². The lowest BCUT2D eigenvalue weighted by Crippen LogP contribution is -2.36. The monoisotopic (exact) mass is 436 g/mol. The van der Waals surface area contributed by atoms with Gasteiger partial charge in [0, 0.05) is 24.7 Å². The summed E-state index contributed by atoms with van der Waals surface area (Å²) in [6.45, 7) is 2.84. The number of halogens is 1. The van der Waals surface area contributed by atoms with Gasteiger partial charge >= 0.3 is 0 Å². The van der Waals surface area contributed by atoms with E-state index in [1.165, 1.54) is 17.2 Å². The highest BCUT2D eigenvalue weighted by Crippen LogP contribution is 2.29. The molecule has 3 aromatic carbocycles. The van der Waals surface area contributed by atoms with Gasteiger partial charge in [-0.05, 0) is 49.1 Å². The molecular formula is C28H25FN4. The molecule has 1 aliphatic carbocycles. The van der Waals surface area contributed by atoms with Gasteiger partial charge in [0.1, 0.15) is 11.9 Å². The fourth-order valence-electron chi connectivity index (χ4n) is 4.80. The molecule has 164 valence electrons. The normalized spacial score (nSPS) is 13.3. The van der Waals surface area contributed by atoms with E-state index < -0.39 is 0 Å². The highest BCUT2D eigenvalue weighted by atomic mass is 19.1. The van der Waals surface area contributed by atoms with Gasteiger partial charge in [0.2, 0.25) is 0 Å². The van der Waals surface area contributed by atoms with Gasteiger partial charge in [0.15, 0.2) is 0 Å². The van der Waals surface area contributed by atoms with Crippen LogP contribution in [0.5, 0.6) is 0 Å². The summed E-state index contributed by atoms with van der Waals surface area (Å²) in [5, 5.41) is 14.6. The molecule has 0 N–H and O–H groups in total. The van der Waals surface area contributed by atoms with Crippen molar-refractivity contribution >= 4 is 0 Å². The molecule has 1 aliphatic rings. The molecule has 5 heteroatoms. The number of para-hydroxylation sites is 1. The van der Waals surface area contributed by atoms with Crippen LogP contribution < -0.4 is 0 Å². The molecule has 5 rings (SSSR count). The average molecular weight is 437 g/mol. The summed E-state index contributed by atoms with van der Waals surface area (Å²) in [6.07, 6.45) is 1.82. The number of nitriles is 1. The molecule has 0 saturated carbocycles. The number of aromatic nitrogens is 2. The molecule has 0 fully saturated rings. The van der Waals surface area contributed by atoms with Crippen LogP contribution in [0.2, 0.25) is 0 Å². The van der Waals surface area contributed by atoms with Crippen LogP contribution in [0.4, 0.5) is 4.39 Å². The Balaban J connectivity index is 1.54. The van der Waals surface area contributed by atoms with Crippen molar-refractivity contribution < 1.29 is 4.39 Å². The molecule has 0 radical (unpaired) electrons. The Labute approximate surface area is 193 Å². The maximum Gasteiger partial charge on any atom is 0.127 e. The number of benzene rings is 3. The van der Waals surface area contributed by atoms with Gasteiger partial charge < -0.3 is 0 Å². The van der Waals surface area contributed by atoms with Crippen molar-refractivity contribution in [2.45, 2.75) is 38.9 Å². The zero-order chi connectivity index (χ0) is 22.8. The standard InChI is InChI=1S/C28H25FN4/c1-20-26(17-30)28(33(31-20)24-12-3-2-4-13-24)19-32(18-23-11-7-8-14-27(23)29)25-15-21-9-5-6-10-22(21)16-25/h2-14,25H,15-16,18-19H2,1H3. The van der Waals surface area contributed by atoms with E-state index in [-0.39, 0.29) is 11.9 Å². The first-order valence-corrected chi connectivity index (χ1v) is 11.2. The number of hydrogen-bond acceptors (Lipinski definition) is 3. The van der Waals surface area contributed by atoms with Gasteiger partial charge in [0.25, 0.3) is 0 Å². The maximum absolute atomic E-state index is 14.6. The summed E-state index contributed by atoms with van der Waals surface area (Å²) in [4.78, 5) is 2.30. The number of nitrogens with zero attached hydrogens (tertiary/aromatic N) is 4. The molecule has 0 unspecified atom stereocenters. The Morgan fingerprint density at radius 3 is 2.24 bits per heavy atom. The highest BCUT2D eigenvalue weighted by molar-refractivity contribution is 5.44. The Kier molecular flexibility index (Phi) is 5.77. The highest BCUT2D eigenvalue weighted by Gasteiger charge is 2.29. The second kappa shape index (κ2) is 9.01. The topological polar surface area (TPSA) is 44.9 Å². The van der Waals surface area contributed by atoms with Crippen molar-refractivity contribution in [2.24, 2.45) is 0 Å². The van der Waals surface area contributed by atoms with Crippen molar-refractivity contribution in [1.82, 2.24) is 14.7 Å². The van der Waals surface area contributed by atoms with Crippen LogP contribution in [0.15, 0.2) is 78.9 Å². The second-order valence-electron chi connectivity index (χ2n) is 8.59. The lowest BCUT2D eigenvalue weighted by Gasteiger charge is -2.29. The van der Waals surface area contributed by atoms with E-state index in [1.807, 2.05) is 54.1 Å². The number of rotatable bonds is 6. The molecule has 4 aromatic rings. The smallest absolute Gasteiger partial charge is 0.127 e. The van der Waals surface area contributed by atoms with Gasteiger partial charge in [-0.1, -0.05) is 60.7 Å². The van der Waals surface area contributed by atoms with E-state index in [4.69, 9.17) is 0 Å². The summed E-state index contributed by atoms with van der Waals surface area (Å²) >= 11 is 0. The van der Waals surface area contributed by atoms with E-state index in [9.17, 15) is 9.65 Å². The van der Waals surface area contributed by atoms with E-state index in [0.29, 0.717) is 29.9 Å². The minimum atomic E-state index is -0.203. The third-order valence-corrected chi connectivity index (χ3v) is 6.50. The Bertz CT molecular complexity index is 1290. The molecule has 1 heterocycles. The summed E-state index contributed by atoms with van der Waals surface area (Å²) in [7, 11) is 0.